The predicted octanol–water partition coefficient (Wildman–Crippen LogP) is 1.74. The number of nitro benzene ring substituents is 1. The van der Waals surface area contributed by atoms with Crippen molar-refractivity contribution in [2.45, 2.75) is 12.5 Å². The lowest BCUT2D eigenvalue weighted by molar-refractivity contribution is -0.384. The number of non-ortho nitro benzene ring substituents is 1. The van der Waals surface area contributed by atoms with E-state index in [1.807, 2.05) is 12.1 Å². The van der Waals surface area contributed by atoms with E-state index in [-0.39, 0.29) is 10.6 Å². The minimum Gasteiger partial charge on any atom is -0.370 e. The summed E-state index contributed by atoms with van der Waals surface area (Å²) in [6.07, 6.45) is 1.14. The van der Waals surface area contributed by atoms with Crippen LogP contribution in [-0.2, 0) is 0 Å². The molecule has 0 saturated carbocycles. The third kappa shape index (κ3) is 2.55. The Kier molecular flexibility index (Phi) is 3.28. The zero-order valence-electron chi connectivity index (χ0n) is 10.2. The lowest BCUT2D eigenvalue weighted by Crippen LogP contribution is -2.31. The zero-order valence-corrected chi connectivity index (χ0v) is 10.2. The Hall–Kier alpha value is -1.62. The molecule has 0 amide bonds. The largest absolute Gasteiger partial charge is 0.370 e. The van der Waals surface area contributed by atoms with E-state index in [9.17, 15) is 10.1 Å². The molecule has 0 bridgehead atoms. The Morgan fingerprint density at radius 1 is 1.35 bits per heavy atom. The van der Waals surface area contributed by atoms with Crippen LogP contribution in [0.25, 0.3) is 0 Å². The van der Waals surface area contributed by atoms with Crippen molar-refractivity contribution in [2.24, 2.45) is 0 Å². The fraction of sp³-hybridized carbons (Fsp3) is 0.500. The summed E-state index contributed by atoms with van der Waals surface area (Å²) in [7, 11) is 4.17. The van der Waals surface area contributed by atoms with E-state index in [1.165, 1.54) is 0 Å². The van der Waals surface area contributed by atoms with E-state index in [1.54, 1.807) is 12.1 Å². The minimum atomic E-state index is -0.365. The molecule has 0 spiro atoms. The summed E-state index contributed by atoms with van der Waals surface area (Å²) < 4.78 is 0. The molecule has 1 aliphatic heterocycles. The first kappa shape index (κ1) is 11.9. The molecule has 1 fully saturated rings. The van der Waals surface area contributed by atoms with Crippen LogP contribution in [0.4, 0.5) is 11.4 Å². The van der Waals surface area contributed by atoms with E-state index in [2.05, 4.69) is 23.9 Å². The van der Waals surface area contributed by atoms with Crippen molar-refractivity contribution >= 4 is 11.4 Å². The second-order valence-corrected chi connectivity index (χ2v) is 4.63. The monoisotopic (exact) mass is 235 g/mol. The number of rotatable bonds is 3. The summed E-state index contributed by atoms with van der Waals surface area (Å²) in [5.41, 5.74) is 1.22. The highest BCUT2D eigenvalue weighted by atomic mass is 16.6. The molecule has 92 valence electrons. The van der Waals surface area contributed by atoms with E-state index in [0.29, 0.717) is 6.04 Å². The normalized spacial score (nSPS) is 19.9. The Balaban J connectivity index is 2.06. The van der Waals surface area contributed by atoms with Crippen molar-refractivity contribution in [3.8, 4) is 0 Å². The van der Waals surface area contributed by atoms with Gasteiger partial charge in [-0.2, -0.15) is 0 Å². The third-order valence-electron chi connectivity index (χ3n) is 3.32. The molecule has 5 nitrogen and oxygen atoms in total. The average molecular weight is 235 g/mol. The van der Waals surface area contributed by atoms with Gasteiger partial charge in [0.15, 0.2) is 0 Å². The van der Waals surface area contributed by atoms with Gasteiger partial charge in [0.2, 0.25) is 0 Å². The van der Waals surface area contributed by atoms with Crippen LogP contribution in [0.1, 0.15) is 6.42 Å². The van der Waals surface area contributed by atoms with E-state index in [0.717, 1.165) is 25.2 Å². The molecule has 5 heteroatoms. The number of hydrogen-bond donors (Lipinski definition) is 0. The Bertz CT molecular complexity index is 403. The highest BCUT2D eigenvalue weighted by molar-refractivity contribution is 5.51. The first-order valence-corrected chi connectivity index (χ1v) is 5.74. The molecule has 1 heterocycles. The molecular weight excluding hydrogens is 218 g/mol. The van der Waals surface area contributed by atoms with Gasteiger partial charge in [-0.3, -0.25) is 10.1 Å². The molecule has 1 atom stereocenters. The fourth-order valence-electron chi connectivity index (χ4n) is 2.18. The summed E-state index contributed by atoms with van der Waals surface area (Å²) in [5.74, 6) is 0. The summed E-state index contributed by atoms with van der Waals surface area (Å²) in [6, 6.07) is 7.37. The maximum Gasteiger partial charge on any atom is 0.269 e. The van der Waals surface area contributed by atoms with Gasteiger partial charge in [-0.1, -0.05) is 0 Å². The molecule has 0 aliphatic carbocycles. The Labute approximate surface area is 101 Å². The van der Waals surface area contributed by atoms with Crippen molar-refractivity contribution in [1.82, 2.24) is 4.90 Å². The van der Waals surface area contributed by atoms with Gasteiger partial charge in [0.25, 0.3) is 5.69 Å². The molecule has 2 rings (SSSR count). The third-order valence-corrected chi connectivity index (χ3v) is 3.32. The molecular formula is C12H17N3O2. The van der Waals surface area contributed by atoms with Crippen LogP contribution in [0.15, 0.2) is 24.3 Å². The van der Waals surface area contributed by atoms with Crippen molar-refractivity contribution in [3.63, 3.8) is 0 Å². The number of likely N-dealkylation sites (N-methyl/N-ethyl adjacent to an activating group) is 1. The van der Waals surface area contributed by atoms with Crippen LogP contribution in [0.3, 0.4) is 0 Å². The van der Waals surface area contributed by atoms with Crippen LogP contribution in [0, 0.1) is 10.1 Å². The van der Waals surface area contributed by atoms with Gasteiger partial charge >= 0.3 is 0 Å². The second kappa shape index (κ2) is 4.71. The number of hydrogen-bond acceptors (Lipinski definition) is 4. The maximum atomic E-state index is 10.6. The van der Waals surface area contributed by atoms with Crippen molar-refractivity contribution in [1.29, 1.82) is 0 Å². The second-order valence-electron chi connectivity index (χ2n) is 4.63. The fourth-order valence-corrected chi connectivity index (χ4v) is 2.18. The number of nitrogens with zero attached hydrogens (tertiary/aromatic N) is 3. The van der Waals surface area contributed by atoms with Gasteiger partial charge in [-0.05, 0) is 32.6 Å². The molecule has 0 N–H and O–H groups in total. The number of benzene rings is 1. The van der Waals surface area contributed by atoms with Gasteiger partial charge in [0.1, 0.15) is 0 Å². The molecule has 1 aromatic carbocycles. The molecule has 1 saturated heterocycles. The summed E-state index contributed by atoms with van der Waals surface area (Å²) in [4.78, 5) is 14.7. The maximum absolute atomic E-state index is 10.6. The predicted molar refractivity (Wildman–Crippen MR) is 67.4 cm³/mol. The van der Waals surface area contributed by atoms with Gasteiger partial charge in [-0.25, -0.2) is 0 Å². The van der Waals surface area contributed by atoms with Crippen LogP contribution in [0.5, 0.6) is 0 Å². The molecule has 1 aliphatic rings. The van der Waals surface area contributed by atoms with E-state index >= 15 is 0 Å². The quantitative estimate of drug-likeness (QED) is 0.591. The first-order valence-electron chi connectivity index (χ1n) is 5.74. The molecule has 0 unspecified atom stereocenters. The minimum absolute atomic E-state index is 0.150. The molecule has 1 aromatic rings. The summed E-state index contributed by atoms with van der Waals surface area (Å²) in [6.45, 7) is 2.01. The van der Waals surface area contributed by atoms with Gasteiger partial charge in [0.05, 0.1) is 4.92 Å². The first-order chi connectivity index (χ1) is 8.08. The van der Waals surface area contributed by atoms with Gasteiger partial charge in [-0.15, -0.1) is 0 Å². The van der Waals surface area contributed by atoms with Crippen LogP contribution >= 0.6 is 0 Å². The Morgan fingerprint density at radius 3 is 2.47 bits per heavy atom. The standard InChI is InChI=1S/C12H17N3O2/c1-13(2)12-7-8-14(9-12)10-3-5-11(6-4-10)15(16)17/h3-6,12H,7-9H2,1-2H3/t12-/m0/s1. The molecule has 0 radical (unpaired) electrons. The average Bonchev–Trinajstić information content (AvgIpc) is 2.78. The van der Waals surface area contributed by atoms with Crippen molar-refractivity contribution < 1.29 is 4.92 Å². The van der Waals surface area contributed by atoms with Gasteiger partial charge < -0.3 is 9.80 Å². The lowest BCUT2D eigenvalue weighted by Gasteiger charge is -2.21. The number of nitro groups is 1. The molecule has 0 aromatic heterocycles. The highest BCUT2D eigenvalue weighted by Crippen LogP contribution is 2.24. The number of anilines is 1. The van der Waals surface area contributed by atoms with E-state index < -0.39 is 0 Å². The lowest BCUT2D eigenvalue weighted by atomic mass is 10.2. The van der Waals surface area contributed by atoms with E-state index in [4.69, 9.17) is 0 Å². The van der Waals surface area contributed by atoms with Crippen LogP contribution in [-0.4, -0.2) is 43.0 Å². The van der Waals surface area contributed by atoms with Gasteiger partial charge in [0, 0.05) is 37.0 Å². The van der Waals surface area contributed by atoms with Crippen molar-refractivity contribution in [3.05, 3.63) is 34.4 Å². The zero-order chi connectivity index (χ0) is 12.4. The Morgan fingerprint density at radius 2 is 2.00 bits per heavy atom. The highest BCUT2D eigenvalue weighted by Gasteiger charge is 2.24. The topological polar surface area (TPSA) is 49.6 Å². The van der Waals surface area contributed by atoms with Crippen LogP contribution < -0.4 is 4.90 Å². The van der Waals surface area contributed by atoms with Crippen LogP contribution in [0.2, 0.25) is 0 Å². The summed E-state index contributed by atoms with van der Waals surface area (Å²) in [5, 5.41) is 10.6. The smallest absolute Gasteiger partial charge is 0.269 e. The van der Waals surface area contributed by atoms with Crippen molar-refractivity contribution in [2.75, 3.05) is 32.1 Å². The SMILES string of the molecule is CN(C)[C@H]1CCN(c2ccc([N+](=O)[O-])cc2)C1. The molecule has 17 heavy (non-hydrogen) atoms. The summed E-state index contributed by atoms with van der Waals surface area (Å²) >= 11 is 0.